The van der Waals surface area contributed by atoms with Crippen LogP contribution < -0.4 is 10.1 Å². The van der Waals surface area contributed by atoms with E-state index in [1.165, 1.54) is 6.20 Å². The van der Waals surface area contributed by atoms with Gasteiger partial charge in [-0.2, -0.15) is 5.26 Å². The van der Waals surface area contributed by atoms with E-state index in [1.54, 1.807) is 17.2 Å². The second-order valence-corrected chi connectivity index (χ2v) is 8.83. The molecule has 2 aliphatic heterocycles. The van der Waals surface area contributed by atoms with Gasteiger partial charge in [-0.05, 0) is 43.5 Å². The number of pyridine rings is 2. The van der Waals surface area contributed by atoms with Crippen LogP contribution in [0.2, 0.25) is 5.02 Å². The average molecular weight is 467 g/mol. The van der Waals surface area contributed by atoms with Gasteiger partial charge in [0.25, 0.3) is 0 Å². The number of carbonyl (C=O) groups is 1. The molecule has 1 N–H and O–H groups in total. The predicted octanol–water partition coefficient (Wildman–Crippen LogP) is 3.35. The van der Waals surface area contributed by atoms with Crippen molar-refractivity contribution in [3.05, 3.63) is 52.9 Å². The van der Waals surface area contributed by atoms with Gasteiger partial charge in [0.2, 0.25) is 5.91 Å². The first kappa shape index (κ1) is 23.0. The van der Waals surface area contributed by atoms with E-state index in [4.69, 9.17) is 21.6 Å². The number of anilines is 1. The van der Waals surface area contributed by atoms with E-state index >= 15 is 0 Å². The maximum absolute atomic E-state index is 12.6. The van der Waals surface area contributed by atoms with Crippen LogP contribution in [0.1, 0.15) is 30.5 Å². The number of nitrogens with zero attached hydrogens (tertiary/aromatic N) is 5. The molecule has 0 aromatic carbocycles. The third-order valence-corrected chi connectivity index (χ3v) is 6.20. The van der Waals surface area contributed by atoms with Crippen LogP contribution in [0.5, 0.6) is 5.75 Å². The van der Waals surface area contributed by atoms with E-state index in [-0.39, 0.29) is 18.4 Å². The number of nitriles is 1. The Morgan fingerprint density at radius 1 is 1.27 bits per heavy atom. The molecule has 1 amide bonds. The van der Waals surface area contributed by atoms with E-state index < -0.39 is 0 Å². The molecule has 2 aliphatic rings. The molecule has 0 bridgehead atoms. The highest BCUT2D eigenvalue weighted by Crippen LogP contribution is 2.29. The number of nitrogens with one attached hydrogen (secondary N) is 1. The quantitative estimate of drug-likeness (QED) is 0.652. The Bertz CT molecular complexity index is 1060. The summed E-state index contributed by atoms with van der Waals surface area (Å²) in [4.78, 5) is 25.2. The molecule has 4 rings (SSSR count). The molecule has 0 saturated carbocycles. The van der Waals surface area contributed by atoms with Crippen molar-refractivity contribution in [2.75, 3.05) is 38.5 Å². The van der Waals surface area contributed by atoms with Crippen molar-refractivity contribution in [1.82, 2.24) is 19.8 Å². The third kappa shape index (κ3) is 6.21. The molecule has 0 aliphatic carbocycles. The summed E-state index contributed by atoms with van der Waals surface area (Å²) in [6, 6.07) is 5.51. The molecule has 0 radical (unpaired) electrons. The number of ether oxygens (including phenoxy) is 1. The molecule has 2 aromatic rings. The van der Waals surface area contributed by atoms with Gasteiger partial charge in [0, 0.05) is 38.4 Å². The average Bonchev–Trinajstić information content (AvgIpc) is 2.83. The van der Waals surface area contributed by atoms with Crippen LogP contribution in [0, 0.1) is 11.5 Å². The minimum Gasteiger partial charge on any atom is -0.489 e. The number of amides is 1. The lowest BCUT2D eigenvalue weighted by Crippen LogP contribution is -2.35. The van der Waals surface area contributed by atoms with Crippen LogP contribution in [0.4, 0.5) is 5.82 Å². The monoisotopic (exact) mass is 466 g/mol. The van der Waals surface area contributed by atoms with Crippen molar-refractivity contribution >= 4 is 28.9 Å². The summed E-state index contributed by atoms with van der Waals surface area (Å²) in [6.07, 6.45) is 10.4. The molecule has 4 heterocycles. The second kappa shape index (κ2) is 10.6. The third-order valence-electron chi connectivity index (χ3n) is 5.92. The van der Waals surface area contributed by atoms with E-state index in [0.29, 0.717) is 29.7 Å². The summed E-state index contributed by atoms with van der Waals surface area (Å²) in [7, 11) is 2.10. The van der Waals surface area contributed by atoms with Crippen LogP contribution in [0.25, 0.3) is 5.57 Å². The number of hydrogen-bond donors (Lipinski definition) is 1. The predicted molar refractivity (Wildman–Crippen MR) is 127 cm³/mol. The minimum atomic E-state index is -0.189. The van der Waals surface area contributed by atoms with Crippen LogP contribution >= 0.6 is 11.6 Å². The Labute approximate surface area is 198 Å². The molecule has 1 fully saturated rings. The molecule has 33 heavy (non-hydrogen) atoms. The molecular weight excluding hydrogens is 440 g/mol. The molecule has 1 saturated heterocycles. The lowest BCUT2D eigenvalue weighted by atomic mass is 10.0. The SMILES string of the molecule is CN1CCC(Oc2cc(NC(=O)Cc3ccc(C4=CCN(C#N)CC4)nc3)ncc2Cl)CC1. The van der Waals surface area contributed by atoms with Crippen molar-refractivity contribution in [2.45, 2.75) is 31.8 Å². The standard InChI is InChI=1S/C24H27ClN6O2/c1-30-8-6-19(7-9-30)33-22-13-23(28-15-20(22)25)29-24(32)12-17-2-3-21(27-14-17)18-4-10-31(16-26)11-5-18/h2-4,13-15,19H,5-12H2,1H3,(H,28,29,32). The van der Waals surface area contributed by atoms with E-state index in [0.717, 1.165) is 49.2 Å². The van der Waals surface area contributed by atoms with Gasteiger partial charge in [-0.1, -0.05) is 23.7 Å². The summed E-state index contributed by atoms with van der Waals surface area (Å²) in [5.41, 5.74) is 2.81. The van der Waals surface area contributed by atoms with Crippen LogP contribution in [0.3, 0.4) is 0 Å². The van der Waals surface area contributed by atoms with E-state index in [2.05, 4.69) is 33.4 Å². The van der Waals surface area contributed by atoms with Crippen LogP contribution in [0.15, 0.2) is 36.7 Å². The summed E-state index contributed by atoms with van der Waals surface area (Å²) >= 11 is 6.26. The second-order valence-electron chi connectivity index (χ2n) is 8.42. The zero-order valence-electron chi connectivity index (χ0n) is 18.6. The largest absolute Gasteiger partial charge is 0.489 e. The first-order chi connectivity index (χ1) is 16.0. The van der Waals surface area contributed by atoms with Crippen LogP contribution in [-0.4, -0.2) is 65.0 Å². The van der Waals surface area contributed by atoms with Crippen LogP contribution in [-0.2, 0) is 11.2 Å². The topological polar surface area (TPSA) is 94.4 Å². The molecule has 0 atom stereocenters. The molecule has 0 spiro atoms. The van der Waals surface area contributed by atoms with Gasteiger partial charge in [0.15, 0.2) is 6.19 Å². The Morgan fingerprint density at radius 2 is 2.09 bits per heavy atom. The fraction of sp³-hybridized carbons (Fsp3) is 0.417. The summed E-state index contributed by atoms with van der Waals surface area (Å²) in [6.45, 7) is 3.28. The first-order valence-corrected chi connectivity index (χ1v) is 11.5. The lowest BCUT2D eigenvalue weighted by Gasteiger charge is -2.29. The maximum atomic E-state index is 12.6. The number of carbonyl (C=O) groups excluding carboxylic acids is 1. The smallest absolute Gasteiger partial charge is 0.230 e. The summed E-state index contributed by atoms with van der Waals surface area (Å²) < 4.78 is 6.07. The first-order valence-electron chi connectivity index (χ1n) is 11.1. The van der Waals surface area contributed by atoms with Gasteiger partial charge in [-0.25, -0.2) is 4.98 Å². The Hall–Kier alpha value is -3.15. The molecule has 2 aromatic heterocycles. The lowest BCUT2D eigenvalue weighted by molar-refractivity contribution is -0.115. The fourth-order valence-corrected chi connectivity index (χ4v) is 4.09. The van der Waals surface area contributed by atoms with Gasteiger partial charge >= 0.3 is 0 Å². The minimum absolute atomic E-state index is 0.108. The van der Waals surface area contributed by atoms with Crippen molar-refractivity contribution in [3.8, 4) is 11.9 Å². The number of halogens is 1. The highest BCUT2D eigenvalue weighted by atomic mass is 35.5. The van der Waals surface area contributed by atoms with Crippen molar-refractivity contribution < 1.29 is 9.53 Å². The van der Waals surface area contributed by atoms with Crippen molar-refractivity contribution in [1.29, 1.82) is 5.26 Å². The zero-order valence-corrected chi connectivity index (χ0v) is 19.4. The molecule has 8 nitrogen and oxygen atoms in total. The van der Waals surface area contributed by atoms with Gasteiger partial charge in [-0.15, -0.1) is 0 Å². The molecule has 0 unspecified atom stereocenters. The Morgan fingerprint density at radius 3 is 2.76 bits per heavy atom. The Balaban J connectivity index is 1.33. The highest BCUT2D eigenvalue weighted by Gasteiger charge is 2.20. The van der Waals surface area contributed by atoms with Gasteiger partial charge < -0.3 is 19.9 Å². The van der Waals surface area contributed by atoms with E-state index in [9.17, 15) is 4.79 Å². The van der Waals surface area contributed by atoms with Crippen molar-refractivity contribution in [2.24, 2.45) is 0 Å². The molecule has 172 valence electrons. The number of hydrogen-bond acceptors (Lipinski definition) is 7. The summed E-state index contributed by atoms with van der Waals surface area (Å²) in [5, 5.41) is 12.2. The fourth-order valence-electron chi connectivity index (χ4n) is 3.95. The van der Waals surface area contributed by atoms with E-state index in [1.807, 2.05) is 18.2 Å². The maximum Gasteiger partial charge on any atom is 0.230 e. The number of rotatable bonds is 6. The normalized spacial score (nSPS) is 17.2. The summed E-state index contributed by atoms with van der Waals surface area (Å²) in [5.74, 6) is 0.760. The van der Waals surface area contributed by atoms with Crippen molar-refractivity contribution in [3.63, 3.8) is 0 Å². The van der Waals surface area contributed by atoms with Gasteiger partial charge in [0.1, 0.15) is 22.7 Å². The zero-order chi connectivity index (χ0) is 23.2. The number of aromatic nitrogens is 2. The Kier molecular flexibility index (Phi) is 7.43. The van der Waals surface area contributed by atoms with Gasteiger partial charge in [0.05, 0.1) is 18.3 Å². The highest BCUT2D eigenvalue weighted by molar-refractivity contribution is 6.32. The molecule has 9 heteroatoms. The number of likely N-dealkylation sites (tertiary alicyclic amines) is 1. The number of piperidine rings is 1. The van der Waals surface area contributed by atoms with Gasteiger partial charge in [-0.3, -0.25) is 9.78 Å². The molecular formula is C24H27ClN6O2.